The fourth-order valence-corrected chi connectivity index (χ4v) is 1.44. The van der Waals surface area contributed by atoms with Gasteiger partial charge in [-0.05, 0) is 5.56 Å². The zero-order chi connectivity index (χ0) is 9.26. The molecule has 0 aliphatic rings. The van der Waals surface area contributed by atoms with Crippen LogP contribution in [0.25, 0.3) is 10.9 Å². The molecule has 1 heterocycles. The van der Waals surface area contributed by atoms with E-state index in [-0.39, 0.29) is 5.92 Å². The lowest BCUT2D eigenvalue weighted by atomic mass is 10.0. The van der Waals surface area contributed by atoms with E-state index in [4.69, 9.17) is 0 Å². The van der Waals surface area contributed by atoms with Crippen LogP contribution in [0, 0.1) is 0 Å². The van der Waals surface area contributed by atoms with Crippen LogP contribution < -0.4 is 0 Å². The SMILES string of the molecule is CC(C=O)c1cccc2cn[nH]c12. The molecular weight excluding hydrogens is 164 g/mol. The number of nitrogens with zero attached hydrogens (tertiary/aromatic N) is 1. The summed E-state index contributed by atoms with van der Waals surface area (Å²) in [5, 5.41) is 7.88. The van der Waals surface area contributed by atoms with Crippen molar-refractivity contribution in [1.29, 1.82) is 0 Å². The van der Waals surface area contributed by atoms with E-state index < -0.39 is 0 Å². The van der Waals surface area contributed by atoms with E-state index in [2.05, 4.69) is 10.2 Å². The van der Waals surface area contributed by atoms with Gasteiger partial charge in [-0.3, -0.25) is 5.10 Å². The first-order valence-electron chi connectivity index (χ1n) is 4.20. The number of nitrogens with one attached hydrogen (secondary N) is 1. The summed E-state index contributed by atoms with van der Waals surface area (Å²) in [5.74, 6) is -0.0795. The van der Waals surface area contributed by atoms with E-state index in [9.17, 15) is 4.79 Å². The number of hydrogen-bond donors (Lipinski definition) is 1. The molecule has 2 rings (SSSR count). The Morgan fingerprint density at radius 3 is 3.15 bits per heavy atom. The first-order chi connectivity index (χ1) is 6.33. The lowest BCUT2D eigenvalue weighted by Gasteiger charge is -2.04. The van der Waals surface area contributed by atoms with Crippen LogP contribution in [-0.4, -0.2) is 16.5 Å². The Morgan fingerprint density at radius 1 is 1.54 bits per heavy atom. The largest absolute Gasteiger partial charge is 0.303 e. The minimum absolute atomic E-state index is 0.0795. The highest BCUT2D eigenvalue weighted by Crippen LogP contribution is 2.21. The van der Waals surface area contributed by atoms with Gasteiger partial charge in [-0.1, -0.05) is 25.1 Å². The number of benzene rings is 1. The van der Waals surface area contributed by atoms with Gasteiger partial charge in [0.25, 0.3) is 0 Å². The van der Waals surface area contributed by atoms with E-state index in [1.165, 1.54) is 0 Å². The van der Waals surface area contributed by atoms with E-state index in [1.807, 2.05) is 25.1 Å². The average molecular weight is 174 g/mol. The maximum Gasteiger partial charge on any atom is 0.127 e. The minimum atomic E-state index is -0.0795. The molecule has 3 nitrogen and oxygen atoms in total. The van der Waals surface area contributed by atoms with Crippen molar-refractivity contribution >= 4 is 17.2 Å². The zero-order valence-corrected chi connectivity index (χ0v) is 7.32. The Bertz CT molecular complexity index is 433. The van der Waals surface area contributed by atoms with Crippen LogP contribution in [0.15, 0.2) is 24.4 Å². The highest BCUT2D eigenvalue weighted by molar-refractivity contribution is 5.84. The van der Waals surface area contributed by atoms with Gasteiger partial charge in [0.1, 0.15) is 6.29 Å². The van der Waals surface area contributed by atoms with Gasteiger partial charge in [0, 0.05) is 11.3 Å². The maximum absolute atomic E-state index is 10.6. The Labute approximate surface area is 75.8 Å². The molecule has 0 bridgehead atoms. The number of aldehydes is 1. The molecule has 13 heavy (non-hydrogen) atoms. The lowest BCUT2D eigenvalue weighted by molar-refractivity contribution is -0.108. The third-order valence-electron chi connectivity index (χ3n) is 2.20. The number of H-pyrrole nitrogens is 1. The quantitative estimate of drug-likeness (QED) is 0.706. The van der Waals surface area contributed by atoms with Crippen LogP contribution in [0.3, 0.4) is 0 Å². The Balaban J connectivity index is 2.67. The second-order valence-electron chi connectivity index (χ2n) is 3.11. The summed E-state index contributed by atoms with van der Waals surface area (Å²) in [6, 6.07) is 5.85. The van der Waals surface area contributed by atoms with Gasteiger partial charge in [0.2, 0.25) is 0 Å². The molecule has 1 aromatic heterocycles. The fraction of sp³-hybridized carbons (Fsp3) is 0.200. The average Bonchev–Trinajstić information content (AvgIpc) is 2.63. The lowest BCUT2D eigenvalue weighted by Crippen LogP contribution is -1.95. The smallest absolute Gasteiger partial charge is 0.127 e. The molecule has 0 spiro atoms. The molecule has 2 aromatic rings. The van der Waals surface area contributed by atoms with Crippen molar-refractivity contribution in [2.45, 2.75) is 12.8 Å². The fourth-order valence-electron chi connectivity index (χ4n) is 1.44. The summed E-state index contributed by atoms with van der Waals surface area (Å²) in [6.07, 6.45) is 2.70. The summed E-state index contributed by atoms with van der Waals surface area (Å²) >= 11 is 0. The summed E-state index contributed by atoms with van der Waals surface area (Å²) in [6.45, 7) is 1.88. The number of para-hydroxylation sites is 1. The molecule has 0 fully saturated rings. The molecule has 0 radical (unpaired) electrons. The van der Waals surface area contributed by atoms with Crippen LogP contribution in [0.1, 0.15) is 18.4 Å². The molecule has 66 valence electrons. The molecule has 0 aliphatic heterocycles. The van der Waals surface area contributed by atoms with Crippen LogP contribution >= 0.6 is 0 Å². The highest BCUT2D eigenvalue weighted by atomic mass is 16.1. The van der Waals surface area contributed by atoms with Crippen LogP contribution in [0.4, 0.5) is 0 Å². The van der Waals surface area contributed by atoms with Crippen molar-refractivity contribution in [3.8, 4) is 0 Å². The predicted molar refractivity (Wildman–Crippen MR) is 50.6 cm³/mol. The number of rotatable bonds is 2. The van der Waals surface area contributed by atoms with Crippen LogP contribution in [-0.2, 0) is 4.79 Å². The number of hydrogen-bond acceptors (Lipinski definition) is 2. The molecule has 0 saturated carbocycles. The summed E-state index contributed by atoms with van der Waals surface area (Å²) < 4.78 is 0. The number of fused-ring (bicyclic) bond motifs is 1. The zero-order valence-electron chi connectivity index (χ0n) is 7.32. The van der Waals surface area contributed by atoms with Gasteiger partial charge in [-0.2, -0.15) is 5.10 Å². The molecule has 1 aromatic carbocycles. The van der Waals surface area contributed by atoms with E-state index in [0.717, 1.165) is 22.8 Å². The summed E-state index contributed by atoms with van der Waals surface area (Å²) in [4.78, 5) is 10.6. The molecule has 3 heteroatoms. The third kappa shape index (κ3) is 1.22. The molecule has 0 aliphatic carbocycles. The van der Waals surface area contributed by atoms with Crippen LogP contribution in [0.5, 0.6) is 0 Å². The normalized spacial score (nSPS) is 13.0. The maximum atomic E-state index is 10.6. The molecule has 1 N–H and O–H groups in total. The number of aromatic amines is 1. The first kappa shape index (κ1) is 7.98. The van der Waals surface area contributed by atoms with Crippen molar-refractivity contribution < 1.29 is 4.79 Å². The van der Waals surface area contributed by atoms with Crippen molar-refractivity contribution in [3.63, 3.8) is 0 Å². The molecule has 0 amide bonds. The van der Waals surface area contributed by atoms with Crippen molar-refractivity contribution in [2.24, 2.45) is 0 Å². The standard InChI is InChI=1S/C10H10N2O/c1-7(6-13)9-4-2-3-8-5-11-12-10(8)9/h2-7H,1H3,(H,11,12). The monoisotopic (exact) mass is 174 g/mol. The highest BCUT2D eigenvalue weighted by Gasteiger charge is 2.08. The summed E-state index contributed by atoms with van der Waals surface area (Å²) in [5.41, 5.74) is 1.96. The van der Waals surface area contributed by atoms with Gasteiger partial charge in [0.15, 0.2) is 0 Å². The van der Waals surface area contributed by atoms with Gasteiger partial charge in [-0.15, -0.1) is 0 Å². The first-order valence-corrected chi connectivity index (χ1v) is 4.20. The second kappa shape index (κ2) is 3.01. The Morgan fingerprint density at radius 2 is 2.38 bits per heavy atom. The van der Waals surface area contributed by atoms with Crippen molar-refractivity contribution in [2.75, 3.05) is 0 Å². The predicted octanol–water partition coefficient (Wildman–Crippen LogP) is 1.87. The second-order valence-corrected chi connectivity index (χ2v) is 3.11. The van der Waals surface area contributed by atoms with E-state index in [0.29, 0.717) is 0 Å². The number of aromatic nitrogens is 2. The molecule has 1 atom stereocenters. The number of carbonyl (C=O) groups excluding carboxylic acids is 1. The number of carbonyl (C=O) groups is 1. The Hall–Kier alpha value is -1.64. The Kier molecular flexibility index (Phi) is 1.85. The minimum Gasteiger partial charge on any atom is -0.303 e. The van der Waals surface area contributed by atoms with E-state index in [1.54, 1.807) is 6.20 Å². The molecular formula is C10H10N2O. The summed E-state index contributed by atoms with van der Waals surface area (Å²) in [7, 11) is 0. The van der Waals surface area contributed by atoms with Gasteiger partial charge >= 0.3 is 0 Å². The third-order valence-corrected chi connectivity index (χ3v) is 2.20. The topological polar surface area (TPSA) is 45.8 Å². The van der Waals surface area contributed by atoms with Gasteiger partial charge in [-0.25, -0.2) is 0 Å². The van der Waals surface area contributed by atoms with E-state index >= 15 is 0 Å². The van der Waals surface area contributed by atoms with Crippen molar-refractivity contribution in [1.82, 2.24) is 10.2 Å². The van der Waals surface area contributed by atoms with Gasteiger partial charge < -0.3 is 4.79 Å². The molecule has 1 unspecified atom stereocenters. The van der Waals surface area contributed by atoms with Crippen LogP contribution in [0.2, 0.25) is 0 Å². The van der Waals surface area contributed by atoms with Crippen molar-refractivity contribution in [3.05, 3.63) is 30.0 Å². The van der Waals surface area contributed by atoms with Gasteiger partial charge in [0.05, 0.1) is 11.7 Å². The molecule has 0 saturated heterocycles.